The monoisotopic (exact) mass is 325 g/mol. The Morgan fingerprint density at radius 1 is 1.00 bits per heavy atom. The molecule has 0 atom stereocenters. The molecule has 0 aliphatic carbocycles. The van der Waals surface area contributed by atoms with Crippen LogP contribution in [0.5, 0.6) is 0 Å². The molecule has 2 rings (SSSR count). The molecule has 0 aromatic heterocycles. The fraction of sp³-hybridized carbons (Fsp3) is 0.143. The van der Waals surface area contributed by atoms with Gasteiger partial charge in [-0.05, 0) is 48.4 Å². The number of hydrazine groups is 1. The predicted molar refractivity (Wildman–Crippen MR) is 84.6 cm³/mol. The Kier molecular flexibility index (Phi) is 5.19. The van der Waals surface area contributed by atoms with Crippen molar-refractivity contribution in [2.75, 3.05) is 12.0 Å². The van der Waals surface area contributed by atoms with Crippen LogP contribution in [0, 0.1) is 0 Å². The summed E-state index contributed by atoms with van der Waals surface area (Å²) in [6.07, 6.45) is 0.596. The highest BCUT2D eigenvalue weighted by Crippen LogP contribution is 2.13. The lowest BCUT2D eigenvalue weighted by Crippen LogP contribution is -2.26. The van der Waals surface area contributed by atoms with Crippen LogP contribution in [0.25, 0.3) is 0 Å². The van der Waals surface area contributed by atoms with E-state index < -0.39 is 10.0 Å². The summed E-state index contributed by atoms with van der Waals surface area (Å²) in [6, 6.07) is 13.5. The van der Waals surface area contributed by atoms with Crippen LogP contribution in [0.1, 0.15) is 5.56 Å². The Labute approximate surface area is 129 Å². The van der Waals surface area contributed by atoms with E-state index in [-0.39, 0.29) is 4.90 Å². The van der Waals surface area contributed by atoms with Gasteiger partial charge in [-0.25, -0.2) is 13.1 Å². The Morgan fingerprint density at radius 2 is 1.62 bits per heavy atom. The van der Waals surface area contributed by atoms with Crippen molar-refractivity contribution in [2.24, 2.45) is 5.84 Å². The van der Waals surface area contributed by atoms with Gasteiger partial charge in [0.15, 0.2) is 0 Å². The molecule has 21 heavy (non-hydrogen) atoms. The molecule has 5 nitrogen and oxygen atoms in total. The Hall–Kier alpha value is -1.60. The van der Waals surface area contributed by atoms with Gasteiger partial charge in [0.1, 0.15) is 0 Å². The normalized spacial score (nSPS) is 11.3. The number of hydrogen-bond acceptors (Lipinski definition) is 4. The fourth-order valence-corrected chi connectivity index (χ4v) is 2.95. The van der Waals surface area contributed by atoms with Crippen molar-refractivity contribution < 1.29 is 8.42 Å². The molecule has 0 saturated carbocycles. The van der Waals surface area contributed by atoms with Gasteiger partial charge in [0.05, 0.1) is 4.90 Å². The van der Waals surface area contributed by atoms with E-state index in [1.807, 2.05) is 12.1 Å². The first-order chi connectivity index (χ1) is 10.0. The maximum atomic E-state index is 12.1. The largest absolute Gasteiger partial charge is 0.324 e. The summed E-state index contributed by atoms with van der Waals surface area (Å²) < 4.78 is 26.7. The van der Waals surface area contributed by atoms with E-state index >= 15 is 0 Å². The summed E-state index contributed by atoms with van der Waals surface area (Å²) >= 11 is 5.80. The highest BCUT2D eigenvalue weighted by Gasteiger charge is 2.12. The number of nitrogens with two attached hydrogens (primary N) is 1. The molecule has 0 spiro atoms. The van der Waals surface area contributed by atoms with E-state index in [4.69, 9.17) is 17.4 Å². The maximum absolute atomic E-state index is 12.1. The van der Waals surface area contributed by atoms with E-state index in [1.54, 1.807) is 24.3 Å². The van der Waals surface area contributed by atoms with Crippen molar-refractivity contribution in [3.8, 4) is 0 Å². The number of hydrogen-bond donors (Lipinski definition) is 3. The van der Waals surface area contributed by atoms with Crippen LogP contribution >= 0.6 is 11.6 Å². The minimum atomic E-state index is -3.51. The quantitative estimate of drug-likeness (QED) is 0.561. The van der Waals surface area contributed by atoms with E-state index in [1.165, 1.54) is 12.1 Å². The summed E-state index contributed by atoms with van der Waals surface area (Å²) in [5, 5.41) is 0.660. The second kappa shape index (κ2) is 6.91. The van der Waals surface area contributed by atoms with E-state index in [0.717, 1.165) is 5.56 Å². The van der Waals surface area contributed by atoms with Gasteiger partial charge in [-0.1, -0.05) is 23.7 Å². The molecule has 2 aromatic rings. The second-order valence-electron chi connectivity index (χ2n) is 4.44. The van der Waals surface area contributed by atoms with Gasteiger partial charge < -0.3 is 5.43 Å². The van der Waals surface area contributed by atoms with Crippen LogP contribution in [-0.2, 0) is 16.4 Å². The Morgan fingerprint density at radius 3 is 2.19 bits per heavy atom. The van der Waals surface area contributed by atoms with Gasteiger partial charge >= 0.3 is 0 Å². The third-order valence-electron chi connectivity index (χ3n) is 2.95. The van der Waals surface area contributed by atoms with E-state index in [9.17, 15) is 8.42 Å². The minimum Gasteiger partial charge on any atom is -0.324 e. The molecule has 0 fully saturated rings. The zero-order valence-electron chi connectivity index (χ0n) is 11.2. The molecule has 0 amide bonds. The Balaban J connectivity index is 1.95. The average molecular weight is 326 g/mol. The molecule has 0 bridgehead atoms. The van der Waals surface area contributed by atoms with Crippen LogP contribution in [0.4, 0.5) is 5.69 Å². The fourth-order valence-electron chi connectivity index (χ4n) is 1.79. The van der Waals surface area contributed by atoms with Crippen LogP contribution in [0.15, 0.2) is 53.4 Å². The molecule has 0 radical (unpaired) electrons. The van der Waals surface area contributed by atoms with Crippen LogP contribution in [0.2, 0.25) is 5.02 Å². The summed E-state index contributed by atoms with van der Waals surface area (Å²) in [6.45, 7) is 0.320. The lowest BCUT2D eigenvalue weighted by molar-refractivity contribution is 0.581. The molecule has 2 aromatic carbocycles. The van der Waals surface area contributed by atoms with Gasteiger partial charge in [0.2, 0.25) is 10.0 Å². The third kappa shape index (κ3) is 4.44. The second-order valence-corrected chi connectivity index (χ2v) is 6.65. The van der Waals surface area contributed by atoms with Crippen LogP contribution < -0.4 is 16.0 Å². The topological polar surface area (TPSA) is 84.2 Å². The zero-order valence-corrected chi connectivity index (χ0v) is 12.8. The minimum absolute atomic E-state index is 0.206. The van der Waals surface area contributed by atoms with Crippen LogP contribution in [0.3, 0.4) is 0 Å². The van der Waals surface area contributed by atoms with Gasteiger partial charge in [-0.2, -0.15) is 0 Å². The molecule has 0 saturated heterocycles. The lowest BCUT2D eigenvalue weighted by Gasteiger charge is -2.08. The van der Waals surface area contributed by atoms with E-state index in [2.05, 4.69) is 10.1 Å². The average Bonchev–Trinajstić information content (AvgIpc) is 2.49. The standard InChI is InChI=1S/C14H16ClN3O2S/c15-12-3-1-11(2-4-12)9-10-17-21(19,20)14-7-5-13(18-16)6-8-14/h1-8,17-18H,9-10,16H2. The van der Waals surface area contributed by atoms with Gasteiger partial charge in [0.25, 0.3) is 0 Å². The number of sulfonamides is 1. The van der Waals surface area contributed by atoms with Crippen molar-refractivity contribution in [3.05, 3.63) is 59.1 Å². The number of rotatable bonds is 6. The SMILES string of the molecule is NNc1ccc(S(=O)(=O)NCCc2ccc(Cl)cc2)cc1. The Bertz CT molecular complexity index is 685. The number of halogens is 1. The number of anilines is 1. The molecule has 112 valence electrons. The summed E-state index contributed by atoms with van der Waals surface area (Å²) in [5.74, 6) is 5.24. The molecular formula is C14H16ClN3O2S. The highest BCUT2D eigenvalue weighted by molar-refractivity contribution is 7.89. The molecular weight excluding hydrogens is 310 g/mol. The number of benzene rings is 2. The molecule has 4 N–H and O–H groups in total. The first kappa shape index (κ1) is 15.8. The third-order valence-corrected chi connectivity index (χ3v) is 4.68. The van der Waals surface area contributed by atoms with Gasteiger partial charge in [-0.3, -0.25) is 5.84 Å². The summed E-state index contributed by atoms with van der Waals surface area (Å²) in [4.78, 5) is 0.206. The van der Waals surface area contributed by atoms with Crippen LogP contribution in [-0.4, -0.2) is 15.0 Å². The van der Waals surface area contributed by atoms with Gasteiger partial charge in [0, 0.05) is 17.3 Å². The number of nitrogens with one attached hydrogen (secondary N) is 2. The molecule has 0 aliphatic heterocycles. The van der Waals surface area contributed by atoms with Crippen molar-refractivity contribution in [1.82, 2.24) is 4.72 Å². The van der Waals surface area contributed by atoms with Gasteiger partial charge in [-0.15, -0.1) is 0 Å². The van der Waals surface area contributed by atoms with Crippen molar-refractivity contribution in [1.29, 1.82) is 0 Å². The summed E-state index contributed by atoms with van der Waals surface area (Å²) in [7, 11) is -3.51. The van der Waals surface area contributed by atoms with Crippen molar-refractivity contribution >= 4 is 27.3 Å². The maximum Gasteiger partial charge on any atom is 0.240 e. The lowest BCUT2D eigenvalue weighted by atomic mass is 10.2. The molecule has 0 unspecified atom stereocenters. The predicted octanol–water partition coefficient (Wildman–Crippen LogP) is 2.15. The molecule has 0 heterocycles. The molecule has 7 heteroatoms. The first-order valence-electron chi connectivity index (χ1n) is 6.32. The van der Waals surface area contributed by atoms with E-state index in [0.29, 0.717) is 23.7 Å². The smallest absolute Gasteiger partial charge is 0.240 e. The number of nitrogen functional groups attached to an aromatic ring is 1. The zero-order chi connectivity index (χ0) is 15.3. The van der Waals surface area contributed by atoms with Crippen molar-refractivity contribution in [2.45, 2.75) is 11.3 Å². The molecule has 0 aliphatic rings. The van der Waals surface area contributed by atoms with Crippen molar-refractivity contribution in [3.63, 3.8) is 0 Å². The summed E-state index contributed by atoms with van der Waals surface area (Å²) in [5.41, 5.74) is 4.12. The highest BCUT2D eigenvalue weighted by atomic mass is 35.5. The first-order valence-corrected chi connectivity index (χ1v) is 8.18.